The zero-order valence-electron chi connectivity index (χ0n) is 13.5. The van der Waals surface area contributed by atoms with Gasteiger partial charge in [0.1, 0.15) is 5.75 Å². The highest BCUT2D eigenvalue weighted by Crippen LogP contribution is 2.31. The fourth-order valence-corrected chi connectivity index (χ4v) is 2.93. The maximum atomic E-state index is 11.9. The summed E-state index contributed by atoms with van der Waals surface area (Å²) in [6.45, 7) is 4.66. The number of ether oxygens (including phenoxy) is 1. The van der Waals surface area contributed by atoms with Crippen LogP contribution in [0.15, 0.2) is 24.3 Å². The largest absolute Gasteiger partial charge is 0.495 e. The SMILES string of the molecule is CCCC(N)C(=O)NCC1CCN(c2ccccc2OC)C1. The molecule has 1 aromatic rings. The van der Waals surface area contributed by atoms with E-state index < -0.39 is 0 Å². The Morgan fingerprint density at radius 2 is 2.27 bits per heavy atom. The van der Waals surface area contributed by atoms with Crippen molar-refractivity contribution in [1.82, 2.24) is 5.32 Å². The number of nitrogens with two attached hydrogens (primary N) is 1. The monoisotopic (exact) mass is 305 g/mol. The van der Waals surface area contributed by atoms with E-state index in [-0.39, 0.29) is 11.9 Å². The van der Waals surface area contributed by atoms with Gasteiger partial charge in [-0.05, 0) is 30.9 Å². The Kier molecular flexibility index (Phi) is 6.07. The first-order valence-electron chi connectivity index (χ1n) is 8.07. The number of rotatable bonds is 7. The molecule has 3 N–H and O–H groups in total. The lowest BCUT2D eigenvalue weighted by atomic mass is 10.1. The molecule has 0 bridgehead atoms. The lowest BCUT2D eigenvalue weighted by Gasteiger charge is -2.21. The van der Waals surface area contributed by atoms with Gasteiger partial charge in [-0.3, -0.25) is 4.79 Å². The van der Waals surface area contributed by atoms with Crippen molar-refractivity contribution in [2.75, 3.05) is 31.6 Å². The van der Waals surface area contributed by atoms with E-state index in [9.17, 15) is 4.79 Å². The van der Waals surface area contributed by atoms with Gasteiger partial charge in [0.25, 0.3) is 0 Å². The van der Waals surface area contributed by atoms with Crippen LogP contribution in [0, 0.1) is 5.92 Å². The highest BCUT2D eigenvalue weighted by Gasteiger charge is 2.25. The Morgan fingerprint density at radius 3 is 3.00 bits per heavy atom. The molecule has 1 heterocycles. The Morgan fingerprint density at radius 1 is 1.50 bits per heavy atom. The Bertz CT molecular complexity index is 493. The van der Waals surface area contributed by atoms with Crippen LogP contribution in [0.1, 0.15) is 26.2 Å². The lowest BCUT2D eigenvalue weighted by Crippen LogP contribution is -2.42. The molecular weight excluding hydrogens is 278 g/mol. The van der Waals surface area contributed by atoms with Gasteiger partial charge >= 0.3 is 0 Å². The van der Waals surface area contributed by atoms with Gasteiger partial charge in [-0.25, -0.2) is 0 Å². The van der Waals surface area contributed by atoms with Gasteiger partial charge in [-0.1, -0.05) is 25.5 Å². The molecule has 0 spiro atoms. The molecule has 0 radical (unpaired) electrons. The minimum atomic E-state index is -0.378. The summed E-state index contributed by atoms with van der Waals surface area (Å²) in [5.74, 6) is 1.33. The molecule has 1 aromatic carbocycles. The topological polar surface area (TPSA) is 67.6 Å². The van der Waals surface area contributed by atoms with E-state index in [2.05, 4.69) is 16.3 Å². The first-order chi connectivity index (χ1) is 10.7. The van der Waals surface area contributed by atoms with Crippen molar-refractivity contribution >= 4 is 11.6 Å². The summed E-state index contributed by atoms with van der Waals surface area (Å²) in [6.07, 6.45) is 2.74. The zero-order chi connectivity index (χ0) is 15.9. The summed E-state index contributed by atoms with van der Waals surface area (Å²) in [6, 6.07) is 7.68. The fourth-order valence-electron chi connectivity index (χ4n) is 2.93. The van der Waals surface area contributed by atoms with Crippen LogP contribution < -0.4 is 20.7 Å². The first-order valence-corrected chi connectivity index (χ1v) is 8.07. The van der Waals surface area contributed by atoms with E-state index in [0.717, 1.165) is 43.8 Å². The van der Waals surface area contributed by atoms with Crippen LogP contribution in [0.2, 0.25) is 0 Å². The number of para-hydroxylation sites is 2. The maximum absolute atomic E-state index is 11.9. The molecule has 2 unspecified atom stereocenters. The number of nitrogens with zero attached hydrogens (tertiary/aromatic N) is 1. The molecule has 22 heavy (non-hydrogen) atoms. The van der Waals surface area contributed by atoms with Crippen LogP contribution in [0.25, 0.3) is 0 Å². The van der Waals surface area contributed by atoms with E-state index in [4.69, 9.17) is 10.5 Å². The molecule has 122 valence electrons. The summed E-state index contributed by atoms with van der Waals surface area (Å²) in [7, 11) is 1.70. The van der Waals surface area contributed by atoms with Crippen LogP contribution >= 0.6 is 0 Å². The van der Waals surface area contributed by atoms with Crippen LogP contribution in [0.5, 0.6) is 5.75 Å². The zero-order valence-corrected chi connectivity index (χ0v) is 13.5. The van der Waals surface area contributed by atoms with Crippen molar-refractivity contribution in [2.24, 2.45) is 11.7 Å². The Balaban J connectivity index is 1.84. The number of carbonyl (C=O) groups excluding carboxylic acids is 1. The summed E-state index contributed by atoms with van der Waals surface area (Å²) >= 11 is 0. The fraction of sp³-hybridized carbons (Fsp3) is 0.588. The first kappa shape index (κ1) is 16.6. The Labute approximate surface area is 132 Å². The third-order valence-corrected chi connectivity index (χ3v) is 4.21. The molecule has 1 amide bonds. The predicted molar refractivity (Wildman–Crippen MR) is 89.2 cm³/mol. The molecular formula is C17H27N3O2. The second-order valence-electron chi connectivity index (χ2n) is 5.91. The second kappa shape index (κ2) is 8.03. The van der Waals surface area contributed by atoms with Crippen LogP contribution in [-0.2, 0) is 4.79 Å². The smallest absolute Gasteiger partial charge is 0.236 e. The molecule has 0 saturated carbocycles. The van der Waals surface area contributed by atoms with E-state index in [1.54, 1.807) is 7.11 Å². The normalized spacial score (nSPS) is 19.0. The number of nitrogens with one attached hydrogen (secondary N) is 1. The summed E-state index contributed by atoms with van der Waals surface area (Å²) in [5.41, 5.74) is 6.96. The van der Waals surface area contributed by atoms with Crippen LogP contribution in [0.4, 0.5) is 5.69 Å². The molecule has 1 fully saturated rings. The quantitative estimate of drug-likeness (QED) is 0.805. The van der Waals surface area contributed by atoms with Crippen LogP contribution in [0.3, 0.4) is 0 Å². The third-order valence-electron chi connectivity index (χ3n) is 4.21. The van der Waals surface area contributed by atoms with E-state index in [1.807, 2.05) is 25.1 Å². The average Bonchev–Trinajstić information content (AvgIpc) is 3.01. The standard InChI is InChI=1S/C17H27N3O2/c1-3-6-14(18)17(21)19-11-13-9-10-20(12-13)15-7-4-5-8-16(15)22-2/h4-5,7-8,13-14H,3,6,9-12,18H2,1-2H3,(H,19,21). The number of anilines is 1. The van der Waals surface area contributed by atoms with Crippen molar-refractivity contribution in [1.29, 1.82) is 0 Å². The highest BCUT2D eigenvalue weighted by atomic mass is 16.5. The van der Waals surface area contributed by atoms with Crippen LogP contribution in [-0.4, -0.2) is 38.7 Å². The van der Waals surface area contributed by atoms with Gasteiger partial charge in [-0.15, -0.1) is 0 Å². The molecule has 1 aliphatic rings. The van der Waals surface area contributed by atoms with Gasteiger partial charge in [0.05, 0.1) is 18.8 Å². The Hall–Kier alpha value is -1.75. The molecule has 1 aliphatic heterocycles. The van der Waals surface area contributed by atoms with Crippen molar-refractivity contribution < 1.29 is 9.53 Å². The predicted octanol–water partition coefficient (Wildman–Crippen LogP) is 1.77. The highest BCUT2D eigenvalue weighted by molar-refractivity contribution is 5.81. The van der Waals surface area contributed by atoms with Gasteiger partial charge in [0.15, 0.2) is 0 Å². The molecule has 2 rings (SSSR count). The third kappa shape index (κ3) is 4.13. The second-order valence-corrected chi connectivity index (χ2v) is 5.91. The van der Waals surface area contributed by atoms with Gasteiger partial charge in [-0.2, -0.15) is 0 Å². The van der Waals surface area contributed by atoms with E-state index in [0.29, 0.717) is 12.5 Å². The molecule has 0 aromatic heterocycles. The molecule has 5 heteroatoms. The molecule has 0 aliphatic carbocycles. The maximum Gasteiger partial charge on any atom is 0.236 e. The van der Waals surface area contributed by atoms with Gasteiger partial charge < -0.3 is 20.7 Å². The van der Waals surface area contributed by atoms with Gasteiger partial charge in [0.2, 0.25) is 5.91 Å². The minimum Gasteiger partial charge on any atom is -0.495 e. The molecule has 1 saturated heterocycles. The van der Waals surface area contributed by atoms with Crippen molar-refractivity contribution in [3.63, 3.8) is 0 Å². The van der Waals surface area contributed by atoms with Crippen molar-refractivity contribution in [3.8, 4) is 5.75 Å². The number of hydrogen-bond acceptors (Lipinski definition) is 4. The lowest BCUT2D eigenvalue weighted by molar-refractivity contribution is -0.122. The van der Waals surface area contributed by atoms with Crippen molar-refractivity contribution in [2.45, 2.75) is 32.2 Å². The summed E-state index contributed by atoms with van der Waals surface area (Å²) < 4.78 is 5.42. The molecule has 2 atom stereocenters. The van der Waals surface area contributed by atoms with Gasteiger partial charge in [0, 0.05) is 19.6 Å². The average molecular weight is 305 g/mol. The molecule has 5 nitrogen and oxygen atoms in total. The number of benzene rings is 1. The number of methoxy groups -OCH3 is 1. The van der Waals surface area contributed by atoms with E-state index in [1.165, 1.54) is 0 Å². The minimum absolute atomic E-state index is 0.0300. The summed E-state index contributed by atoms with van der Waals surface area (Å²) in [4.78, 5) is 14.2. The number of amides is 1. The number of hydrogen-bond donors (Lipinski definition) is 2. The summed E-state index contributed by atoms with van der Waals surface area (Å²) in [5, 5.41) is 2.99. The van der Waals surface area contributed by atoms with Crippen molar-refractivity contribution in [3.05, 3.63) is 24.3 Å². The van der Waals surface area contributed by atoms with E-state index >= 15 is 0 Å². The number of carbonyl (C=O) groups is 1.